The van der Waals surface area contributed by atoms with Crippen molar-refractivity contribution in [2.75, 3.05) is 27.2 Å². The Labute approximate surface area is 167 Å². The number of carboxylic acid groups (broad SMARTS) is 1. The van der Waals surface area contributed by atoms with E-state index in [2.05, 4.69) is 0 Å². The van der Waals surface area contributed by atoms with Gasteiger partial charge in [0.1, 0.15) is 25.8 Å². The molecule has 7 nitrogen and oxygen atoms in total. The summed E-state index contributed by atoms with van der Waals surface area (Å²) in [7, 11) is 1.97. The Kier molecular flexibility index (Phi) is 10.0. The molecule has 0 aromatic heterocycles. The summed E-state index contributed by atoms with van der Waals surface area (Å²) >= 11 is 0. The molecule has 0 saturated heterocycles. The van der Waals surface area contributed by atoms with Crippen LogP contribution in [0.4, 0.5) is 0 Å². The van der Waals surface area contributed by atoms with Crippen molar-refractivity contribution in [1.82, 2.24) is 0 Å². The van der Waals surface area contributed by atoms with Crippen LogP contribution in [0.25, 0.3) is 0 Å². The normalized spacial score (nSPS) is 13.7. The summed E-state index contributed by atoms with van der Waals surface area (Å²) in [6.07, 6.45) is 1.46. The summed E-state index contributed by atoms with van der Waals surface area (Å²) in [4.78, 5) is 34.1. The van der Waals surface area contributed by atoms with Gasteiger partial charge in [0, 0.05) is 12.0 Å². The molecule has 0 heterocycles. The van der Waals surface area contributed by atoms with Crippen LogP contribution in [-0.2, 0) is 25.5 Å². The van der Waals surface area contributed by atoms with Gasteiger partial charge in [0.25, 0.3) is 0 Å². The lowest BCUT2D eigenvalue weighted by Crippen LogP contribution is -2.54. The number of esters is 1. The Balaban J connectivity index is 2.63. The second-order valence-electron chi connectivity index (χ2n) is 7.28. The van der Waals surface area contributed by atoms with E-state index >= 15 is 0 Å². The molecule has 0 fully saturated rings. The third kappa shape index (κ3) is 9.24. The van der Waals surface area contributed by atoms with Gasteiger partial charge in [0.2, 0.25) is 8.00 Å². The molecule has 1 aromatic rings. The zero-order chi connectivity index (χ0) is 21.2. The molecule has 0 aliphatic rings. The Morgan fingerprint density at radius 2 is 1.82 bits per heavy atom. The van der Waals surface area contributed by atoms with Crippen molar-refractivity contribution in [1.29, 1.82) is 0 Å². The van der Waals surface area contributed by atoms with Crippen LogP contribution in [-0.4, -0.2) is 55.5 Å². The van der Waals surface area contributed by atoms with E-state index < -0.39 is 19.9 Å². The fourth-order valence-electron chi connectivity index (χ4n) is 2.73. The number of hydrogen-bond donors (Lipinski definition) is 0. The first-order valence-corrected chi connectivity index (χ1v) is 10.2. The lowest BCUT2D eigenvalue weighted by atomic mass is 10.0. The van der Waals surface area contributed by atoms with Crippen LogP contribution in [0.5, 0.6) is 0 Å². The topological polar surface area (TPSA) is 98.7 Å². The van der Waals surface area contributed by atoms with Gasteiger partial charge in [0.15, 0.2) is 5.80 Å². The summed E-state index contributed by atoms with van der Waals surface area (Å²) in [5, 5.41) is 10.3. The number of carbonyl (C=O) groups is 2. The van der Waals surface area contributed by atoms with E-state index in [-0.39, 0.29) is 25.2 Å². The number of hydrogen-bond acceptors (Lipinski definition) is 6. The first-order valence-electron chi connectivity index (χ1n) is 8.97. The van der Waals surface area contributed by atoms with Gasteiger partial charge in [-0.25, -0.2) is 4.79 Å². The predicted molar refractivity (Wildman–Crippen MR) is 105 cm³/mol. The van der Waals surface area contributed by atoms with Crippen molar-refractivity contribution < 1.29 is 33.3 Å². The van der Waals surface area contributed by atoms with Gasteiger partial charge in [-0.05, 0) is 11.6 Å². The van der Waals surface area contributed by atoms with Crippen molar-refractivity contribution in [2.24, 2.45) is 5.92 Å². The molecule has 28 heavy (non-hydrogen) atoms. The van der Waals surface area contributed by atoms with Gasteiger partial charge in [-0.15, -0.1) is 0 Å². The first-order chi connectivity index (χ1) is 13.1. The number of aliphatic carboxylic acids is 1. The Bertz CT molecular complexity index is 700. The maximum atomic E-state index is 12.2. The van der Waals surface area contributed by atoms with Crippen LogP contribution in [0.2, 0.25) is 0 Å². The van der Waals surface area contributed by atoms with Crippen LogP contribution in [0.1, 0.15) is 19.4 Å². The van der Waals surface area contributed by atoms with E-state index in [1.165, 1.54) is 0 Å². The van der Waals surface area contributed by atoms with Crippen molar-refractivity contribution in [2.45, 2.75) is 26.5 Å². The van der Waals surface area contributed by atoms with E-state index in [9.17, 15) is 19.6 Å². The smallest absolute Gasteiger partial charge is 0.331 e. The molecule has 1 aromatic carbocycles. The monoisotopic (exact) mass is 409 g/mol. The van der Waals surface area contributed by atoms with Crippen molar-refractivity contribution in [3.8, 4) is 0 Å². The predicted octanol–water partition coefficient (Wildman–Crippen LogP) is 0.628. The number of carbonyl (C=O) groups excluding carboxylic acids is 2. The van der Waals surface area contributed by atoms with Crippen LogP contribution < -0.4 is 10.00 Å². The molecule has 0 aliphatic heterocycles. The molecular weight excluding hydrogens is 381 g/mol. The molecule has 1 rings (SSSR count). The standard InChI is InChI=1S/C20H28NO6P/c1-16(2)18(15-26-20(24)11-10-19(22)23)21(3,4)12-13-28(25)27-14-17-8-6-5-7-9-17/h5-11,13,16,18H,12,14-15H2,1-4H3. The van der Waals surface area contributed by atoms with Gasteiger partial charge in [0.05, 0.1) is 20.1 Å². The number of benzene rings is 1. The largest absolute Gasteiger partial charge is 0.603 e. The highest BCUT2D eigenvalue weighted by Gasteiger charge is 2.32. The molecular formula is C20H28NO6P. The van der Waals surface area contributed by atoms with Crippen LogP contribution in [0.15, 0.2) is 42.5 Å². The Morgan fingerprint density at radius 1 is 1.18 bits per heavy atom. The van der Waals surface area contributed by atoms with Crippen LogP contribution >= 0.6 is 8.00 Å². The molecule has 2 atom stereocenters. The highest BCUT2D eigenvalue weighted by Crippen LogP contribution is 2.20. The second-order valence-corrected chi connectivity index (χ2v) is 8.48. The molecule has 0 bridgehead atoms. The average Bonchev–Trinajstić information content (AvgIpc) is 2.63. The molecule has 0 radical (unpaired) electrons. The fraction of sp³-hybridized carbons (Fsp3) is 0.450. The minimum atomic E-state index is -1.93. The Hall–Kier alpha value is -2.05. The molecule has 8 heteroatoms. The highest BCUT2D eigenvalue weighted by atomic mass is 31.1. The third-order valence-corrected chi connectivity index (χ3v) is 5.17. The maximum absolute atomic E-state index is 12.2. The summed E-state index contributed by atoms with van der Waals surface area (Å²) in [5.74, 6) is -0.395. The van der Waals surface area contributed by atoms with E-state index in [1.54, 1.807) is 5.80 Å². The van der Waals surface area contributed by atoms with Crippen LogP contribution in [0, 0.1) is 5.92 Å². The number of ether oxygens (including phenoxy) is 1. The zero-order valence-electron chi connectivity index (χ0n) is 16.7. The zero-order valence-corrected chi connectivity index (χ0v) is 17.6. The van der Waals surface area contributed by atoms with Gasteiger partial charge in [-0.3, -0.25) is 0 Å². The van der Waals surface area contributed by atoms with Gasteiger partial charge >= 0.3 is 5.97 Å². The van der Waals surface area contributed by atoms with Crippen LogP contribution in [0.3, 0.4) is 0 Å². The van der Waals surface area contributed by atoms with Crippen molar-refractivity contribution in [3.63, 3.8) is 0 Å². The number of quaternary nitrogens is 1. The summed E-state index contributed by atoms with van der Waals surface area (Å²) in [6.45, 7) is 4.84. The maximum Gasteiger partial charge on any atom is 0.331 e. The minimum absolute atomic E-state index is 0.0749. The van der Waals surface area contributed by atoms with Crippen molar-refractivity contribution in [3.05, 3.63) is 48.0 Å². The molecule has 0 N–H and O–H groups in total. The first kappa shape index (κ1) is 24.0. The minimum Gasteiger partial charge on any atom is -0.603 e. The lowest BCUT2D eigenvalue weighted by molar-refractivity contribution is -0.909. The summed E-state index contributed by atoms with van der Waals surface area (Å²) < 4.78 is 11.0. The SMILES string of the molecule is CC(C)C(COC(=O)C=CC(=O)[O-])[N+](C)(C)C/C=[P+](\[O-])OCc1ccccc1. The van der Waals surface area contributed by atoms with E-state index in [4.69, 9.17) is 9.26 Å². The second kappa shape index (κ2) is 11.7. The number of nitrogens with zero attached hydrogens (tertiary/aromatic N) is 1. The summed E-state index contributed by atoms with van der Waals surface area (Å²) in [6, 6.07) is 9.43. The average molecular weight is 409 g/mol. The van der Waals surface area contributed by atoms with Gasteiger partial charge < -0.3 is 24.0 Å². The van der Waals surface area contributed by atoms with E-state index in [1.807, 2.05) is 58.3 Å². The lowest BCUT2D eigenvalue weighted by Gasteiger charge is -2.38. The molecule has 0 spiro atoms. The number of carboxylic acids is 1. The molecule has 0 aliphatic carbocycles. The van der Waals surface area contributed by atoms with E-state index in [0.29, 0.717) is 17.1 Å². The molecule has 0 saturated carbocycles. The van der Waals surface area contributed by atoms with Gasteiger partial charge in [-0.1, -0.05) is 44.2 Å². The quantitative estimate of drug-likeness (QED) is 0.230. The number of rotatable bonds is 11. The number of likely N-dealkylation sites (N-methyl/N-ethyl adjacent to an activating group) is 1. The molecule has 154 valence electrons. The molecule has 2 unspecified atom stereocenters. The van der Waals surface area contributed by atoms with Crippen molar-refractivity contribution >= 4 is 25.7 Å². The van der Waals surface area contributed by atoms with E-state index in [0.717, 1.165) is 11.6 Å². The van der Waals surface area contributed by atoms with Gasteiger partial charge in [-0.2, -0.15) is 4.52 Å². The highest BCUT2D eigenvalue weighted by molar-refractivity contribution is 7.44. The fourth-order valence-corrected chi connectivity index (χ4v) is 3.67. The third-order valence-electron chi connectivity index (χ3n) is 4.32. The summed E-state index contributed by atoms with van der Waals surface area (Å²) in [5.41, 5.74) is 0.949. The Morgan fingerprint density at radius 3 is 2.39 bits per heavy atom. The molecule has 0 amide bonds.